The van der Waals surface area contributed by atoms with Gasteiger partial charge in [0.1, 0.15) is 11.9 Å². The topological polar surface area (TPSA) is 23.8 Å². The maximum absolute atomic E-state index is 14.1. The van der Waals surface area contributed by atoms with Gasteiger partial charge in [-0.3, -0.25) is 0 Å². The van der Waals surface area contributed by atoms with Crippen molar-refractivity contribution in [2.45, 2.75) is 44.9 Å². The second kappa shape index (κ2) is 8.63. The summed E-state index contributed by atoms with van der Waals surface area (Å²) in [7, 11) is 0. The lowest BCUT2D eigenvalue weighted by Crippen LogP contribution is -2.05. The van der Waals surface area contributed by atoms with Gasteiger partial charge < -0.3 is 0 Å². The van der Waals surface area contributed by atoms with Gasteiger partial charge in [-0.25, -0.2) is 4.39 Å². The van der Waals surface area contributed by atoms with E-state index < -0.39 is 5.82 Å². The van der Waals surface area contributed by atoms with Gasteiger partial charge in [0, 0.05) is 0 Å². The second-order valence-corrected chi connectivity index (χ2v) is 6.93. The smallest absolute Gasteiger partial charge is 0.141 e. The largest absolute Gasteiger partial charge is 0.206 e. The van der Waals surface area contributed by atoms with Crippen LogP contribution < -0.4 is 0 Å². The van der Waals surface area contributed by atoms with Gasteiger partial charge in [-0.05, 0) is 52.8 Å². The van der Waals surface area contributed by atoms with Crippen LogP contribution in [0.5, 0.6) is 0 Å². The summed E-state index contributed by atoms with van der Waals surface area (Å²) in [4.78, 5) is 0. The average Bonchev–Trinajstić information content (AvgIpc) is 2.67. The summed E-state index contributed by atoms with van der Waals surface area (Å²) in [5.74, 6) is -0.144. The molecule has 1 nitrogen and oxygen atoms in total. The average molecular weight is 345 g/mol. The Morgan fingerprint density at radius 1 is 0.962 bits per heavy atom. The number of nitriles is 1. The minimum absolute atomic E-state index is 0.117. The third-order valence-electron chi connectivity index (χ3n) is 5.04. The third kappa shape index (κ3) is 4.29. The minimum Gasteiger partial charge on any atom is -0.206 e. The van der Waals surface area contributed by atoms with E-state index in [0.717, 1.165) is 24.8 Å². The molecule has 0 aliphatic heterocycles. The Morgan fingerprint density at radius 3 is 2.50 bits per heavy atom. The summed E-state index contributed by atoms with van der Waals surface area (Å²) in [5, 5.41) is 11.4. The highest BCUT2D eigenvalue weighted by atomic mass is 19.1. The quantitative estimate of drug-likeness (QED) is 0.434. The van der Waals surface area contributed by atoms with Gasteiger partial charge in [0.15, 0.2) is 0 Å². The van der Waals surface area contributed by atoms with Crippen LogP contribution in [0.25, 0.3) is 10.8 Å². The second-order valence-electron chi connectivity index (χ2n) is 6.93. The molecule has 0 spiro atoms. The van der Waals surface area contributed by atoms with Gasteiger partial charge in [-0.2, -0.15) is 5.26 Å². The molecule has 0 N–H and O–H groups in total. The Morgan fingerprint density at radius 2 is 1.77 bits per heavy atom. The highest BCUT2D eigenvalue weighted by Gasteiger charge is 2.15. The molecule has 0 saturated heterocycles. The monoisotopic (exact) mass is 345 g/mol. The van der Waals surface area contributed by atoms with Crippen molar-refractivity contribution < 1.29 is 4.39 Å². The number of fused-ring (bicyclic) bond motifs is 1. The van der Waals surface area contributed by atoms with Crippen molar-refractivity contribution in [2.24, 2.45) is 0 Å². The van der Waals surface area contributed by atoms with E-state index in [9.17, 15) is 4.39 Å². The van der Waals surface area contributed by atoms with Crippen LogP contribution in [0.15, 0.2) is 60.7 Å². The molecule has 3 aromatic carbocycles. The molecular weight excluding hydrogens is 321 g/mol. The lowest BCUT2D eigenvalue weighted by Gasteiger charge is -2.18. The Balaban J connectivity index is 1.87. The van der Waals surface area contributed by atoms with E-state index in [4.69, 9.17) is 5.26 Å². The molecule has 0 aliphatic rings. The first-order valence-electron chi connectivity index (χ1n) is 9.38. The van der Waals surface area contributed by atoms with Gasteiger partial charge in [-0.1, -0.05) is 74.7 Å². The molecule has 26 heavy (non-hydrogen) atoms. The number of halogens is 1. The molecule has 132 valence electrons. The molecule has 0 saturated carbocycles. The van der Waals surface area contributed by atoms with E-state index >= 15 is 0 Å². The number of nitrogens with zero attached hydrogens (tertiary/aromatic N) is 1. The minimum atomic E-state index is -0.413. The molecule has 0 radical (unpaired) electrons. The predicted molar refractivity (Wildman–Crippen MR) is 106 cm³/mol. The highest BCUT2D eigenvalue weighted by Crippen LogP contribution is 2.29. The van der Waals surface area contributed by atoms with Crippen molar-refractivity contribution in [2.75, 3.05) is 0 Å². The molecule has 1 atom stereocenters. The molecule has 0 fully saturated rings. The van der Waals surface area contributed by atoms with Crippen LogP contribution in [0.2, 0.25) is 0 Å². The van der Waals surface area contributed by atoms with E-state index in [2.05, 4.69) is 49.4 Å². The lowest BCUT2D eigenvalue weighted by molar-refractivity contribution is 0.556. The molecule has 0 aliphatic carbocycles. The van der Waals surface area contributed by atoms with E-state index in [1.807, 2.05) is 12.1 Å². The normalized spacial score (nSPS) is 12.0. The van der Waals surface area contributed by atoms with Crippen LogP contribution in [0, 0.1) is 17.1 Å². The van der Waals surface area contributed by atoms with Crippen LogP contribution in [0.1, 0.15) is 55.2 Å². The maximum Gasteiger partial charge on any atom is 0.141 e. The number of rotatable bonds is 7. The fraction of sp³-hybridized carbons (Fsp3) is 0.292. The molecule has 0 heterocycles. The summed E-state index contributed by atoms with van der Waals surface area (Å²) in [6, 6.07) is 21.9. The summed E-state index contributed by atoms with van der Waals surface area (Å²) in [5.41, 5.74) is 2.38. The van der Waals surface area contributed by atoms with Crippen molar-refractivity contribution in [3.05, 3.63) is 83.2 Å². The Labute approximate surface area is 155 Å². The van der Waals surface area contributed by atoms with Crippen LogP contribution >= 0.6 is 0 Å². The van der Waals surface area contributed by atoms with Gasteiger partial charge in [0.2, 0.25) is 0 Å². The first-order valence-corrected chi connectivity index (χ1v) is 9.38. The Hall–Kier alpha value is -2.66. The van der Waals surface area contributed by atoms with Crippen molar-refractivity contribution in [3.8, 4) is 6.07 Å². The van der Waals surface area contributed by atoms with E-state index in [0.29, 0.717) is 0 Å². The summed E-state index contributed by atoms with van der Waals surface area (Å²) >= 11 is 0. The van der Waals surface area contributed by atoms with Crippen molar-refractivity contribution in [1.29, 1.82) is 5.26 Å². The third-order valence-corrected chi connectivity index (χ3v) is 5.04. The van der Waals surface area contributed by atoms with Crippen LogP contribution in [-0.2, 0) is 6.42 Å². The van der Waals surface area contributed by atoms with Crippen LogP contribution in [-0.4, -0.2) is 0 Å². The molecule has 3 rings (SSSR count). The molecule has 1 unspecified atom stereocenters. The van der Waals surface area contributed by atoms with Gasteiger partial charge >= 0.3 is 0 Å². The lowest BCUT2D eigenvalue weighted by atomic mass is 9.86. The van der Waals surface area contributed by atoms with Gasteiger partial charge in [-0.15, -0.1) is 0 Å². The molecule has 0 bridgehead atoms. The van der Waals surface area contributed by atoms with E-state index in [-0.39, 0.29) is 11.5 Å². The summed E-state index contributed by atoms with van der Waals surface area (Å²) in [6.07, 6.45) is 5.42. The Bertz CT molecular complexity index is 923. The van der Waals surface area contributed by atoms with Crippen LogP contribution in [0.4, 0.5) is 4.39 Å². The fourth-order valence-electron chi connectivity index (χ4n) is 3.55. The van der Waals surface area contributed by atoms with E-state index in [1.54, 1.807) is 12.1 Å². The van der Waals surface area contributed by atoms with Crippen molar-refractivity contribution in [3.63, 3.8) is 0 Å². The summed E-state index contributed by atoms with van der Waals surface area (Å²) in [6.45, 7) is 2.19. The molecular formula is C24H24FN. The molecule has 3 aromatic rings. The zero-order valence-corrected chi connectivity index (χ0v) is 15.2. The number of benzene rings is 3. The fourth-order valence-corrected chi connectivity index (χ4v) is 3.55. The zero-order chi connectivity index (χ0) is 18.4. The SMILES string of the molecule is CCCCCC(Cc1ccc2ccccc2c1)c1ccc(C#N)c(F)c1. The number of hydrogen-bond donors (Lipinski definition) is 0. The number of unbranched alkanes of at least 4 members (excludes halogenated alkanes) is 2. The number of hydrogen-bond acceptors (Lipinski definition) is 1. The highest BCUT2D eigenvalue weighted by molar-refractivity contribution is 5.83. The first-order chi connectivity index (χ1) is 12.7. The Kier molecular flexibility index (Phi) is 6.02. The molecule has 2 heteroatoms. The molecule has 0 amide bonds. The van der Waals surface area contributed by atoms with Crippen molar-refractivity contribution >= 4 is 10.8 Å². The van der Waals surface area contributed by atoms with Crippen LogP contribution in [0.3, 0.4) is 0 Å². The maximum atomic E-state index is 14.1. The van der Waals surface area contributed by atoms with Gasteiger partial charge in [0.05, 0.1) is 5.56 Å². The molecule has 0 aromatic heterocycles. The standard InChI is InChI=1S/C24H24FN/c1-2-3-4-8-21(22-12-13-23(17-26)24(25)16-22)15-18-10-11-19-7-5-6-9-20(19)14-18/h5-7,9-14,16,21H,2-4,8,15H2,1H3. The summed E-state index contributed by atoms with van der Waals surface area (Å²) < 4.78 is 14.1. The van der Waals surface area contributed by atoms with E-state index in [1.165, 1.54) is 29.2 Å². The predicted octanol–water partition coefficient (Wildman–Crippen LogP) is 6.76. The van der Waals surface area contributed by atoms with Crippen molar-refractivity contribution in [1.82, 2.24) is 0 Å². The zero-order valence-electron chi connectivity index (χ0n) is 15.2. The first kappa shape index (κ1) is 18.1. The van der Waals surface area contributed by atoms with Gasteiger partial charge in [0.25, 0.3) is 0 Å².